The maximum Gasteiger partial charge on any atom is 0.232 e. The number of aryl methyl sites for hydroxylation is 2. The fourth-order valence-electron chi connectivity index (χ4n) is 3.58. The minimum Gasteiger partial charge on any atom is -0.493 e. The molecule has 0 aliphatic rings. The van der Waals surface area contributed by atoms with Crippen LogP contribution in [0.3, 0.4) is 0 Å². The van der Waals surface area contributed by atoms with E-state index >= 15 is 0 Å². The van der Waals surface area contributed by atoms with Crippen molar-refractivity contribution in [2.45, 2.75) is 12.8 Å². The molecule has 4 aromatic rings. The SMILES string of the molecule is CN.COCCCOc1ccc2nc(N)n(C)c2c1.COCCCOc1ccc2nc(NS(C)(=O)=O)n(C)c2c1. The summed E-state index contributed by atoms with van der Waals surface area (Å²) in [5.41, 5.74) is 13.6. The van der Waals surface area contributed by atoms with Crippen molar-refractivity contribution in [3.8, 4) is 11.5 Å². The number of nitrogen functional groups attached to an aromatic ring is 1. The van der Waals surface area contributed by atoms with Crippen LogP contribution in [0.25, 0.3) is 22.1 Å². The van der Waals surface area contributed by atoms with Crippen LogP contribution in [0.2, 0.25) is 0 Å². The number of nitrogens with one attached hydrogen (secondary N) is 1. The van der Waals surface area contributed by atoms with Crippen molar-refractivity contribution in [1.82, 2.24) is 19.1 Å². The van der Waals surface area contributed by atoms with Gasteiger partial charge in [-0.1, -0.05) is 0 Å². The lowest BCUT2D eigenvalue weighted by Crippen LogP contribution is -2.13. The predicted octanol–water partition coefficient (Wildman–Crippen LogP) is 2.51. The molecule has 222 valence electrons. The van der Waals surface area contributed by atoms with Gasteiger partial charge in [-0.25, -0.2) is 18.4 Å². The fraction of sp³-hybridized carbons (Fsp3) is 0.462. The Morgan fingerprint density at radius 3 is 1.75 bits per heavy atom. The van der Waals surface area contributed by atoms with Crippen LogP contribution < -0.4 is 25.7 Å². The molecular formula is C26H41N7O6S. The number of nitrogens with two attached hydrogens (primary N) is 2. The average molecular weight is 580 g/mol. The molecule has 0 bridgehead atoms. The van der Waals surface area contributed by atoms with Gasteiger partial charge < -0.3 is 39.5 Å². The zero-order valence-corrected chi connectivity index (χ0v) is 24.8. The summed E-state index contributed by atoms with van der Waals surface area (Å²) in [5, 5.41) is 0. The predicted molar refractivity (Wildman–Crippen MR) is 158 cm³/mol. The van der Waals surface area contributed by atoms with E-state index in [1.54, 1.807) is 31.9 Å². The lowest BCUT2D eigenvalue weighted by Gasteiger charge is -2.06. The van der Waals surface area contributed by atoms with Crippen molar-refractivity contribution in [2.75, 3.05) is 64.4 Å². The van der Waals surface area contributed by atoms with Crippen molar-refractivity contribution in [1.29, 1.82) is 0 Å². The second kappa shape index (κ2) is 15.9. The Kier molecular flexibility index (Phi) is 12.9. The largest absolute Gasteiger partial charge is 0.493 e. The minimum absolute atomic E-state index is 0.282. The number of nitrogens with zero attached hydrogens (tertiary/aromatic N) is 4. The van der Waals surface area contributed by atoms with E-state index in [2.05, 4.69) is 20.4 Å². The van der Waals surface area contributed by atoms with E-state index in [-0.39, 0.29) is 5.95 Å². The van der Waals surface area contributed by atoms with Gasteiger partial charge in [-0.2, -0.15) is 0 Å². The fourth-order valence-corrected chi connectivity index (χ4v) is 4.10. The highest BCUT2D eigenvalue weighted by molar-refractivity contribution is 7.92. The monoisotopic (exact) mass is 579 g/mol. The number of rotatable bonds is 12. The summed E-state index contributed by atoms with van der Waals surface area (Å²) in [6.45, 7) is 2.57. The van der Waals surface area contributed by atoms with Gasteiger partial charge in [-0.15, -0.1) is 0 Å². The normalized spacial score (nSPS) is 11.0. The van der Waals surface area contributed by atoms with Gasteiger partial charge in [0.15, 0.2) is 0 Å². The van der Waals surface area contributed by atoms with Crippen LogP contribution in [-0.4, -0.2) is 81.5 Å². The van der Waals surface area contributed by atoms with E-state index in [1.165, 1.54) is 7.05 Å². The Morgan fingerprint density at radius 2 is 1.27 bits per heavy atom. The van der Waals surface area contributed by atoms with E-state index in [9.17, 15) is 8.42 Å². The highest BCUT2D eigenvalue weighted by Crippen LogP contribution is 2.24. The molecule has 2 aromatic carbocycles. The number of benzene rings is 2. The van der Waals surface area contributed by atoms with Gasteiger partial charge in [0.1, 0.15) is 11.5 Å². The summed E-state index contributed by atoms with van der Waals surface area (Å²) in [7, 11) is 5.12. The highest BCUT2D eigenvalue weighted by atomic mass is 32.2. The van der Waals surface area contributed by atoms with Gasteiger partial charge in [0.05, 0.1) is 41.5 Å². The molecular weight excluding hydrogens is 538 g/mol. The minimum atomic E-state index is -3.36. The lowest BCUT2D eigenvalue weighted by molar-refractivity contribution is 0.172. The Bertz CT molecular complexity index is 1450. The quantitative estimate of drug-likeness (QED) is 0.212. The molecule has 0 fully saturated rings. The first-order valence-electron chi connectivity index (χ1n) is 12.6. The average Bonchev–Trinajstić information content (AvgIpc) is 3.39. The molecule has 14 heteroatoms. The summed E-state index contributed by atoms with van der Waals surface area (Å²) < 4.78 is 49.7. The standard InChI is InChI=1S/C13H19N3O4S.C12H17N3O2.CH5N/c1-16-12-9-10(20-8-4-7-19-2)5-6-11(12)14-13(16)15-21(3,17)18;1-15-11-8-9(17-7-3-6-16-2)4-5-10(11)14-12(15)13;1-2/h5-6,9H,4,7-8H2,1-3H3,(H,14,15);4-5,8H,3,6-7H2,1-2H3,(H2,13,14);2H2,1H3. The van der Waals surface area contributed by atoms with E-state index in [4.69, 9.17) is 24.7 Å². The first-order valence-corrected chi connectivity index (χ1v) is 14.5. The molecule has 0 spiro atoms. The smallest absolute Gasteiger partial charge is 0.232 e. The van der Waals surface area contributed by atoms with Gasteiger partial charge in [0, 0.05) is 66.5 Å². The number of ether oxygens (including phenoxy) is 4. The zero-order valence-electron chi connectivity index (χ0n) is 24.0. The summed E-state index contributed by atoms with van der Waals surface area (Å²) >= 11 is 0. The molecule has 0 radical (unpaired) electrons. The highest BCUT2D eigenvalue weighted by Gasteiger charge is 2.12. The number of hydrogen-bond donors (Lipinski definition) is 3. The molecule has 0 amide bonds. The molecule has 4 rings (SSSR count). The van der Waals surface area contributed by atoms with Gasteiger partial charge in [-0.3, -0.25) is 4.72 Å². The van der Waals surface area contributed by atoms with Crippen LogP contribution in [0.1, 0.15) is 12.8 Å². The number of sulfonamides is 1. The third kappa shape index (κ3) is 9.55. The van der Waals surface area contributed by atoms with Crippen molar-refractivity contribution in [2.24, 2.45) is 19.8 Å². The molecule has 2 aromatic heterocycles. The summed E-state index contributed by atoms with van der Waals surface area (Å²) in [5.74, 6) is 2.34. The van der Waals surface area contributed by atoms with Gasteiger partial charge in [0.25, 0.3) is 0 Å². The lowest BCUT2D eigenvalue weighted by atomic mass is 10.3. The van der Waals surface area contributed by atoms with Crippen LogP contribution in [-0.2, 0) is 33.6 Å². The van der Waals surface area contributed by atoms with Crippen molar-refractivity contribution >= 4 is 44.0 Å². The number of fused-ring (bicyclic) bond motifs is 2. The van der Waals surface area contributed by atoms with Gasteiger partial charge >= 0.3 is 0 Å². The Morgan fingerprint density at radius 1 is 0.800 bits per heavy atom. The van der Waals surface area contributed by atoms with Crippen molar-refractivity contribution in [3.63, 3.8) is 0 Å². The first-order chi connectivity index (χ1) is 19.1. The molecule has 0 atom stereocenters. The second-order valence-electron chi connectivity index (χ2n) is 8.59. The van der Waals surface area contributed by atoms with Gasteiger partial charge in [-0.05, 0) is 31.3 Å². The Balaban J connectivity index is 0.000000269. The summed E-state index contributed by atoms with van der Waals surface area (Å²) in [6, 6.07) is 11.2. The topological polar surface area (TPSA) is 171 Å². The Labute approximate surface area is 235 Å². The van der Waals surface area contributed by atoms with E-state index in [0.717, 1.165) is 41.4 Å². The number of aromatic nitrogens is 4. The molecule has 40 heavy (non-hydrogen) atoms. The number of methoxy groups -OCH3 is 2. The van der Waals surface area contributed by atoms with Gasteiger partial charge in [0.2, 0.25) is 21.9 Å². The maximum atomic E-state index is 11.3. The van der Waals surface area contributed by atoms with Crippen LogP contribution in [0, 0.1) is 0 Å². The van der Waals surface area contributed by atoms with E-state index in [0.29, 0.717) is 43.6 Å². The van der Waals surface area contributed by atoms with E-state index < -0.39 is 10.0 Å². The van der Waals surface area contributed by atoms with Crippen molar-refractivity contribution < 1.29 is 27.4 Å². The summed E-state index contributed by atoms with van der Waals surface area (Å²) in [4.78, 5) is 8.47. The number of hydrogen-bond acceptors (Lipinski definition) is 10. The molecule has 5 N–H and O–H groups in total. The number of anilines is 2. The van der Waals surface area contributed by atoms with Crippen LogP contribution in [0.5, 0.6) is 11.5 Å². The van der Waals surface area contributed by atoms with Crippen LogP contribution >= 0.6 is 0 Å². The molecule has 0 unspecified atom stereocenters. The molecule has 0 aliphatic carbocycles. The number of imidazole rings is 2. The first kappa shape index (κ1) is 32.6. The second-order valence-corrected chi connectivity index (χ2v) is 10.3. The Hall–Kier alpha value is -3.59. The zero-order chi connectivity index (χ0) is 29.7. The maximum absolute atomic E-state index is 11.3. The van der Waals surface area contributed by atoms with E-state index in [1.807, 2.05) is 41.9 Å². The molecule has 0 saturated heterocycles. The molecule has 0 aliphatic heterocycles. The third-order valence-corrected chi connectivity index (χ3v) is 6.09. The van der Waals surface area contributed by atoms with Crippen molar-refractivity contribution in [3.05, 3.63) is 36.4 Å². The van der Waals surface area contributed by atoms with Crippen LogP contribution in [0.4, 0.5) is 11.9 Å². The molecule has 2 heterocycles. The summed E-state index contributed by atoms with van der Waals surface area (Å²) in [6.07, 6.45) is 2.78. The third-order valence-electron chi connectivity index (χ3n) is 5.54. The van der Waals surface area contributed by atoms with Crippen LogP contribution in [0.15, 0.2) is 36.4 Å². The molecule has 13 nitrogen and oxygen atoms in total. The molecule has 0 saturated carbocycles.